The SMILES string of the molecule is CCCc1sc(C(=O)N2CCNCC2C)cc1CC.Cl. The summed E-state index contributed by atoms with van der Waals surface area (Å²) in [6.07, 6.45) is 3.26. The number of nitrogens with zero attached hydrogens (tertiary/aromatic N) is 1. The molecule has 0 bridgehead atoms. The van der Waals surface area contributed by atoms with Gasteiger partial charge in [-0.2, -0.15) is 0 Å². The van der Waals surface area contributed by atoms with Crippen molar-refractivity contribution in [1.82, 2.24) is 10.2 Å². The van der Waals surface area contributed by atoms with Gasteiger partial charge in [0.2, 0.25) is 0 Å². The molecule has 1 atom stereocenters. The molecular weight excluding hydrogens is 292 g/mol. The third kappa shape index (κ3) is 3.74. The van der Waals surface area contributed by atoms with Crippen LogP contribution in [0.1, 0.15) is 47.3 Å². The highest BCUT2D eigenvalue weighted by Crippen LogP contribution is 2.26. The van der Waals surface area contributed by atoms with Crippen molar-refractivity contribution in [3.8, 4) is 0 Å². The number of aryl methyl sites for hydroxylation is 2. The molecule has 1 unspecified atom stereocenters. The van der Waals surface area contributed by atoms with E-state index in [9.17, 15) is 4.79 Å². The maximum absolute atomic E-state index is 12.6. The molecule has 1 aliphatic heterocycles. The number of piperazine rings is 1. The molecule has 114 valence electrons. The quantitative estimate of drug-likeness (QED) is 0.925. The Bertz CT molecular complexity index is 447. The van der Waals surface area contributed by atoms with Gasteiger partial charge < -0.3 is 10.2 Å². The van der Waals surface area contributed by atoms with Gasteiger partial charge in [-0.05, 0) is 31.4 Å². The van der Waals surface area contributed by atoms with E-state index in [1.165, 1.54) is 10.4 Å². The number of halogens is 1. The van der Waals surface area contributed by atoms with Gasteiger partial charge in [-0.1, -0.05) is 20.3 Å². The molecule has 0 aliphatic carbocycles. The Balaban J connectivity index is 0.00000200. The summed E-state index contributed by atoms with van der Waals surface area (Å²) in [6, 6.07) is 2.41. The van der Waals surface area contributed by atoms with Crippen LogP contribution in [0.2, 0.25) is 0 Å². The second kappa shape index (κ2) is 8.01. The highest BCUT2D eigenvalue weighted by Gasteiger charge is 2.25. The van der Waals surface area contributed by atoms with Crippen LogP contribution in [0, 0.1) is 0 Å². The predicted molar refractivity (Wildman–Crippen MR) is 88.3 cm³/mol. The Morgan fingerprint density at radius 1 is 1.50 bits per heavy atom. The van der Waals surface area contributed by atoms with Gasteiger partial charge in [-0.3, -0.25) is 4.79 Å². The van der Waals surface area contributed by atoms with E-state index in [1.807, 2.05) is 4.90 Å². The fourth-order valence-electron chi connectivity index (χ4n) is 2.59. The zero-order valence-electron chi connectivity index (χ0n) is 12.6. The summed E-state index contributed by atoms with van der Waals surface area (Å²) in [6.45, 7) is 9.11. The van der Waals surface area contributed by atoms with E-state index in [0.29, 0.717) is 6.04 Å². The van der Waals surface area contributed by atoms with Gasteiger partial charge in [0.1, 0.15) is 0 Å². The first-order valence-electron chi connectivity index (χ1n) is 7.30. The molecule has 1 fully saturated rings. The second-order valence-electron chi connectivity index (χ2n) is 5.21. The van der Waals surface area contributed by atoms with Crippen molar-refractivity contribution in [1.29, 1.82) is 0 Å². The molecule has 1 aromatic heterocycles. The summed E-state index contributed by atoms with van der Waals surface area (Å²) in [5, 5.41) is 3.33. The molecule has 0 spiro atoms. The minimum absolute atomic E-state index is 0. The standard InChI is InChI=1S/C15H24N2OS.ClH/c1-4-6-13-12(5-2)9-14(19-13)15(18)17-8-7-16-10-11(17)3;/h9,11,16H,4-8,10H2,1-3H3;1H. The Morgan fingerprint density at radius 2 is 2.25 bits per heavy atom. The van der Waals surface area contributed by atoms with Crippen molar-refractivity contribution in [2.45, 2.75) is 46.1 Å². The molecule has 1 aliphatic rings. The van der Waals surface area contributed by atoms with Crippen LogP contribution in [-0.4, -0.2) is 36.5 Å². The summed E-state index contributed by atoms with van der Waals surface area (Å²) in [5.41, 5.74) is 1.36. The Hall–Kier alpha value is -0.580. The topological polar surface area (TPSA) is 32.3 Å². The van der Waals surface area contributed by atoms with Gasteiger partial charge in [0.15, 0.2) is 0 Å². The van der Waals surface area contributed by atoms with Crippen molar-refractivity contribution in [3.05, 3.63) is 21.4 Å². The highest BCUT2D eigenvalue weighted by atomic mass is 35.5. The first kappa shape index (κ1) is 17.5. The highest BCUT2D eigenvalue weighted by molar-refractivity contribution is 7.14. The molecule has 2 heterocycles. The van der Waals surface area contributed by atoms with E-state index in [0.717, 1.165) is 43.8 Å². The summed E-state index contributed by atoms with van der Waals surface area (Å²) in [5.74, 6) is 0.219. The van der Waals surface area contributed by atoms with Crippen molar-refractivity contribution in [2.75, 3.05) is 19.6 Å². The summed E-state index contributed by atoms with van der Waals surface area (Å²) >= 11 is 1.70. The maximum atomic E-state index is 12.6. The van der Waals surface area contributed by atoms with Crippen molar-refractivity contribution >= 4 is 29.7 Å². The number of nitrogens with one attached hydrogen (secondary N) is 1. The molecule has 0 radical (unpaired) electrons. The van der Waals surface area contributed by atoms with Gasteiger partial charge in [-0.25, -0.2) is 0 Å². The van der Waals surface area contributed by atoms with E-state index in [4.69, 9.17) is 0 Å². The number of hydrogen-bond donors (Lipinski definition) is 1. The number of carbonyl (C=O) groups is 1. The van der Waals surface area contributed by atoms with E-state index >= 15 is 0 Å². The van der Waals surface area contributed by atoms with Crippen molar-refractivity contribution < 1.29 is 4.79 Å². The Morgan fingerprint density at radius 3 is 2.85 bits per heavy atom. The number of hydrogen-bond acceptors (Lipinski definition) is 3. The average molecular weight is 317 g/mol. The first-order chi connectivity index (χ1) is 9.17. The van der Waals surface area contributed by atoms with Crippen LogP contribution in [0.3, 0.4) is 0 Å². The van der Waals surface area contributed by atoms with Crippen LogP contribution in [0.4, 0.5) is 0 Å². The Labute approximate surface area is 132 Å². The number of carbonyl (C=O) groups excluding carboxylic acids is 1. The average Bonchev–Trinajstić information content (AvgIpc) is 2.82. The number of amides is 1. The van der Waals surface area contributed by atoms with Gasteiger partial charge in [0.25, 0.3) is 5.91 Å². The Kier molecular flexibility index (Phi) is 7.00. The van der Waals surface area contributed by atoms with E-state index in [2.05, 4.69) is 32.2 Å². The molecule has 20 heavy (non-hydrogen) atoms. The number of thiophene rings is 1. The lowest BCUT2D eigenvalue weighted by atomic mass is 10.1. The zero-order chi connectivity index (χ0) is 13.8. The zero-order valence-corrected chi connectivity index (χ0v) is 14.2. The molecular formula is C15H25ClN2OS. The lowest BCUT2D eigenvalue weighted by Gasteiger charge is -2.33. The van der Waals surface area contributed by atoms with Crippen LogP contribution in [0.5, 0.6) is 0 Å². The minimum Gasteiger partial charge on any atom is -0.333 e. The normalized spacial score (nSPS) is 18.8. The van der Waals surface area contributed by atoms with Crippen molar-refractivity contribution in [3.63, 3.8) is 0 Å². The third-order valence-electron chi connectivity index (χ3n) is 3.73. The summed E-state index contributed by atoms with van der Waals surface area (Å²) < 4.78 is 0. The van der Waals surface area contributed by atoms with Gasteiger partial charge >= 0.3 is 0 Å². The molecule has 3 nitrogen and oxygen atoms in total. The van der Waals surface area contributed by atoms with E-state index in [1.54, 1.807) is 11.3 Å². The molecule has 1 aromatic rings. The van der Waals surface area contributed by atoms with Crippen LogP contribution in [-0.2, 0) is 12.8 Å². The largest absolute Gasteiger partial charge is 0.333 e. The lowest BCUT2D eigenvalue weighted by molar-refractivity contribution is 0.0660. The smallest absolute Gasteiger partial charge is 0.264 e. The molecule has 2 rings (SSSR count). The first-order valence-corrected chi connectivity index (χ1v) is 8.12. The molecule has 0 saturated carbocycles. The molecule has 1 saturated heterocycles. The van der Waals surface area contributed by atoms with Crippen LogP contribution in [0.25, 0.3) is 0 Å². The second-order valence-corrected chi connectivity index (χ2v) is 6.35. The predicted octanol–water partition coefficient (Wildman–Crippen LogP) is 3.12. The van der Waals surface area contributed by atoms with Crippen molar-refractivity contribution in [2.24, 2.45) is 0 Å². The molecule has 1 N–H and O–H groups in total. The van der Waals surface area contributed by atoms with Crippen LogP contribution < -0.4 is 5.32 Å². The molecule has 1 amide bonds. The number of rotatable bonds is 4. The van der Waals surface area contributed by atoms with Gasteiger partial charge in [0.05, 0.1) is 4.88 Å². The fourth-order valence-corrected chi connectivity index (χ4v) is 3.91. The minimum atomic E-state index is 0. The van der Waals surface area contributed by atoms with E-state index in [-0.39, 0.29) is 18.3 Å². The third-order valence-corrected chi connectivity index (χ3v) is 4.95. The monoisotopic (exact) mass is 316 g/mol. The van der Waals surface area contributed by atoms with Gasteiger partial charge in [-0.15, -0.1) is 23.7 Å². The summed E-state index contributed by atoms with van der Waals surface area (Å²) in [7, 11) is 0. The van der Waals surface area contributed by atoms with E-state index < -0.39 is 0 Å². The van der Waals surface area contributed by atoms with Gasteiger partial charge in [0, 0.05) is 30.6 Å². The molecule has 0 aromatic carbocycles. The summed E-state index contributed by atoms with van der Waals surface area (Å²) in [4.78, 5) is 16.9. The van der Waals surface area contributed by atoms with Crippen LogP contribution >= 0.6 is 23.7 Å². The lowest BCUT2D eigenvalue weighted by Crippen LogP contribution is -2.52. The van der Waals surface area contributed by atoms with Crippen LogP contribution in [0.15, 0.2) is 6.07 Å². The molecule has 5 heteroatoms. The maximum Gasteiger partial charge on any atom is 0.264 e. The fraction of sp³-hybridized carbons (Fsp3) is 0.667.